The Bertz CT molecular complexity index is 519. The zero-order chi connectivity index (χ0) is 16.8. The van der Waals surface area contributed by atoms with E-state index in [4.69, 9.17) is 0 Å². The number of anilines is 1. The Labute approximate surface area is 139 Å². The van der Waals surface area contributed by atoms with Crippen molar-refractivity contribution in [2.75, 3.05) is 11.9 Å². The number of carbonyl (C=O) groups excluding carboxylic acids is 2. The van der Waals surface area contributed by atoms with Crippen LogP contribution in [0.4, 0.5) is 5.69 Å². The Kier molecular flexibility index (Phi) is 6.20. The summed E-state index contributed by atoms with van der Waals surface area (Å²) >= 11 is 0. The van der Waals surface area contributed by atoms with E-state index in [1.54, 1.807) is 11.9 Å². The van der Waals surface area contributed by atoms with Gasteiger partial charge in [0, 0.05) is 37.7 Å². The fourth-order valence-corrected chi connectivity index (χ4v) is 3.40. The number of benzene rings is 1. The first-order valence-corrected chi connectivity index (χ1v) is 8.63. The molecule has 0 saturated carbocycles. The van der Waals surface area contributed by atoms with Gasteiger partial charge in [-0.05, 0) is 51.7 Å². The lowest BCUT2D eigenvalue weighted by Gasteiger charge is -2.39. The summed E-state index contributed by atoms with van der Waals surface area (Å²) in [6.45, 7) is 4.25. The second kappa shape index (κ2) is 8.14. The lowest BCUT2D eigenvalue weighted by Crippen LogP contribution is -2.47. The molecule has 1 heterocycles. The number of para-hydroxylation sites is 1. The zero-order valence-electron chi connectivity index (χ0n) is 14.5. The number of piperidine rings is 1. The van der Waals surface area contributed by atoms with Crippen molar-refractivity contribution >= 4 is 17.5 Å². The van der Waals surface area contributed by atoms with E-state index >= 15 is 0 Å². The van der Waals surface area contributed by atoms with Crippen LogP contribution in [0.1, 0.15) is 52.4 Å². The highest BCUT2D eigenvalue weighted by Crippen LogP contribution is 2.23. The standard InChI is InChI=1S/C19H28N2O2/c1-15-9-7-10-16(2)21(15)19(23)14-8-13-18(22)20(3)17-11-5-4-6-12-17/h4-6,11-12,15-16H,7-10,13-14H2,1-3H3. The van der Waals surface area contributed by atoms with E-state index in [0.29, 0.717) is 31.3 Å². The second-order valence-corrected chi connectivity index (χ2v) is 6.57. The van der Waals surface area contributed by atoms with Crippen LogP contribution in [0, 0.1) is 0 Å². The molecule has 2 amide bonds. The molecule has 0 radical (unpaired) electrons. The van der Waals surface area contributed by atoms with Crippen LogP contribution in [-0.2, 0) is 9.59 Å². The number of amides is 2. The van der Waals surface area contributed by atoms with Crippen LogP contribution >= 0.6 is 0 Å². The molecule has 1 fully saturated rings. The minimum absolute atomic E-state index is 0.0590. The Hall–Kier alpha value is -1.84. The molecule has 1 aliphatic rings. The Balaban J connectivity index is 1.80. The topological polar surface area (TPSA) is 40.6 Å². The SMILES string of the molecule is CC1CCCC(C)N1C(=O)CCCC(=O)N(C)c1ccccc1. The van der Waals surface area contributed by atoms with Gasteiger partial charge in [-0.1, -0.05) is 18.2 Å². The first-order chi connectivity index (χ1) is 11.0. The number of hydrogen-bond donors (Lipinski definition) is 0. The van der Waals surface area contributed by atoms with Crippen molar-refractivity contribution in [2.24, 2.45) is 0 Å². The van der Waals surface area contributed by atoms with Crippen molar-refractivity contribution in [3.05, 3.63) is 30.3 Å². The highest BCUT2D eigenvalue weighted by molar-refractivity contribution is 5.93. The maximum atomic E-state index is 12.4. The van der Waals surface area contributed by atoms with Crippen LogP contribution in [0.15, 0.2) is 30.3 Å². The van der Waals surface area contributed by atoms with Crippen molar-refractivity contribution in [1.82, 2.24) is 4.90 Å². The molecule has 0 bridgehead atoms. The van der Waals surface area contributed by atoms with Crippen LogP contribution in [-0.4, -0.2) is 35.8 Å². The van der Waals surface area contributed by atoms with Gasteiger partial charge in [-0.15, -0.1) is 0 Å². The van der Waals surface area contributed by atoms with Gasteiger partial charge in [0.05, 0.1) is 0 Å². The number of carbonyl (C=O) groups is 2. The zero-order valence-corrected chi connectivity index (χ0v) is 14.5. The summed E-state index contributed by atoms with van der Waals surface area (Å²) in [6.07, 6.45) is 4.87. The molecule has 0 N–H and O–H groups in total. The molecule has 0 aromatic heterocycles. The summed E-state index contributed by atoms with van der Waals surface area (Å²) < 4.78 is 0. The second-order valence-electron chi connectivity index (χ2n) is 6.57. The Morgan fingerprint density at radius 1 is 1.09 bits per heavy atom. The van der Waals surface area contributed by atoms with Crippen molar-refractivity contribution in [1.29, 1.82) is 0 Å². The first kappa shape index (κ1) is 17.5. The van der Waals surface area contributed by atoms with Gasteiger partial charge in [-0.3, -0.25) is 9.59 Å². The quantitative estimate of drug-likeness (QED) is 0.832. The van der Waals surface area contributed by atoms with Gasteiger partial charge in [0.1, 0.15) is 0 Å². The number of nitrogens with zero attached hydrogens (tertiary/aromatic N) is 2. The smallest absolute Gasteiger partial charge is 0.226 e. The molecule has 1 aliphatic heterocycles. The molecular formula is C19H28N2O2. The fraction of sp³-hybridized carbons (Fsp3) is 0.579. The van der Waals surface area contributed by atoms with Gasteiger partial charge in [-0.2, -0.15) is 0 Å². The van der Waals surface area contributed by atoms with Gasteiger partial charge >= 0.3 is 0 Å². The number of rotatable bonds is 5. The highest BCUT2D eigenvalue weighted by atomic mass is 16.2. The van der Waals surface area contributed by atoms with Crippen molar-refractivity contribution in [2.45, 2.75) is 64.5 Å². The molecule has 2 unspecified atom stereocenters. The average Bonchev–Trinajstić information content (AvgIpc) is 2.54. The summed E-state index contributed by atoms with van der Waals surface area (Å²) in [4.78, 5) is 28.4. The van der Waals surface area contributed by atoms with Crippen LogP contribution in [0.25, 0.3) is 0 Å². The molecule has 1 saturated heterocycles. The summed E-state index contributed by atoms with van der Waals surface area (Å²) in [5.74, 6) is 0.253. The molecule has 126 valence electrons. The van der Waals surface area contributed by atoms with Crippen LogP contribution in [0.2, 0.25) is 0 Å². The molecule has 2 atom stereocenters. The fourth-order valence-electron chi connectivity index (χ4n) is 3.40. The van der Waals surface area contributed by atoms with Crippen LogP contribution < -0.4 is 4.90 Å². The van der Waals surface area contributed by atoms with Gasteiger partial charge in [0.25, 0.3) is 0 Å². The maximum absolute atomic E-state index is 12.4. The van der Waals surface area contributed by atoms with E-state index in [0.717, 1.165) is 18.5 Å². The molecule has 0 spiro atoms. The summed E-state index contributed by atoms with van der Waals surface area (Å²) in [5, 5.41) is 0. The van der Waals surface area contributed by atoms with Crippen LogP contribution in [0.3, 0.4) is 0 Å². The van der Waals surface area contributed by atoms with E-state index in [9.17, 15) is 9.59 Å². The predicted molar refractivity (Wildman–Crippen MR) is 93.3 cm³/mol. The van der Waals surface area contributed by atoms with Gasteiger partial charge in [0.2, 0.25) is 11.8 Å². The molecule has 4 nitrogen and oxygen atoms in total. The minimum atomic E-state index is 0.0590. The normalized spacial score (nSPS) is 21.1. The average molecular weight is 316 g/mol. The van der Waals surface area contributed by atoms with Crippen molar-refractivity contribution in [3.63, 3.8) is 0 Å². The number of hydrogen-bond acceptors (Lipinski definition) is 2. The summed E-state index contributed by atoms with van der Waals surface area (Å²) in [6, 6.07) is 10.3. The molecule has 1 aromatic carbocycles. The molecule has 1 aromatic rings. The summed E-state index contributed by atoms with van der Waals surface area (Å²) in [7, 11) is 1.79. The lowest BCUT2D eigenvalue weighted by molar-refractivity contribution is -0.137. The molecule has 23 heavy (non-hydrogen) atoms. The van der Waals surface area contributed by atoms with E-state index in [2.05, 4.69) is 13.8 Å². The molecule has 0 aliphatic carbocycles. The van der Waals surface area contributed by atoms with E-state index in [-0.39, 0.29) is 11.8 Å². The van der Waals surface area contributed by atoms with Crippen molar-refractivity contribution < 1.29 is 9.59 Å². The molecule has 4 heteroatoms. The van der Waals surface area contributed by atoms with Gasteiger partial charge in [-0.25, -0.2) is 0 Å². The van der Waals surface area contributed by atoms with Crippen LogP contribution in [0.5, 0.6) is 0 Å². The first-order valence-electron chi connectivity index (χ1n) is 8.63. The maximum Gasteiger partial charge on any atom is 0.226 e. The third kappa shape index (κ3) is 4.57. The third-order valence-corrected chi connectivity index (χ3v) is 4.78. The highest BCUT2D eigenvalue weighted by Gasteiger charge is 2.28. The summed E-state index contributed by atoms with van der Waals surface area (Å²) in [5.41, 5.74) is 0.891. The predicted octanol–water partition coefficient (Wildman–Crippen LogP) is 3.61. The minimum Gasteiger partial charge on any atom is -0.337 e. The monoisotopic (exact) mass is 316 g/mol. The number of likely N-dealkylation sites (tertiary alicyclic amines) is 1. The van der Waals surface area contributed by atoms with E-state index < -0.39 is 0 Å². The van der Waals surface area contributed by atoms with Crippen molar-refractivity contribution in [3.8, 4) is 0 Å². The van der Waals surface area contributed by atoms with E-state index in [1.807, 2.05) is 35.2 Å². The Morgan fingerprint density at radius 2 is 1.70 bits per heavy atom. The van der Waals surface area contributed by atoms with Gasteiger partial charge in [0.15, 0.2) is 0 Å². The third-order valence-electron chi connectivity index (χ3n) is 4.78. The Morgan fingerprint density at radius 3 is 2.30 bits per heavy atom. The molecular weight excluding hydrogens is 288 g/mol. The van der Waals surface area contributed by atoms with E-state index in [1.165, 1.54) is 6.42 Å². The lowest BCUT2D eigenvalue weighted by atomic mass is 9.97. The molecule has 2 rings (SSSR count). The van der Waals surface area contributed by atoms with Gasteiger partial charge < -0.3 is 9.80 Å². The largest absolute Gasteiger partial charge is 0.337 e.